The molecule has 0 heterocycles. The molecule has 0 unspecified atom stereocenters. The molecule has 0 aliphatic rings. The fourth-order valence-corrected chi connectivity index (χ4v) is 1.92. The normalized spacial score (nSPS) is 15.0. The van der Waals surface area contributed by atoms with Crippen LogP contribution in [0.3, 0.4) is 0 Å². The van der Waals surface area contributed by atoms with Gasteiger partial charge in [0.25, 0.3) is 0 Å². The summed E-state index contributed by atoms with van der Waals surface area (Å²) < 4.78 is 31.5. The highest BCUT2D eigenvalue weighted by Gasteiger charge is 2.27. The first-order chi connectivity index (χ1) is 10.3. The quantitative estimate of drug-likeness (QED) is 0.719. The van der Waals surface area contributed by atoms with Crippen molar-refractivity contribution in [3.8, 4) is 0 Å². The van der Waals surface area contributed by atoms with Crippen LogP contribution in [-0.4, -0.2) is 37.4 Å². The van der Waals surface area contributed by atoms with Crippen LogP contribution >= 0.6 is 0 Å². The minimum Gasteiger partial charge on any atom is -0.385 e. The molecule has 1 aromatic rings. The molecule has 5 nitrogen and oxygen atoms in total. The third-order valence-corrected chi connectivity index (χ3v) is 3.24. The summed E-state index contributed by atoms with van der Waals surface area (Å²) in [5.74, 6) is -1.59. The van der Waals surface area contributed by atoms with Gasteiger partial charge in [0, 0.05) is 31.4 Å². The number of hydrogen-bond acceptors (Lipinski definition) is 3. The Morgan fingerprint density at radius 2 is 2.14 bits per heavy atom. The fourth-order valence-electron chi connectivity index (χ4n) is 1.92. The second kappa shape index (κ2) is 8.05. The summed E-state index contributed by atoms with van der Waals surface area (Å²) in [6.07, 6.45) is 0.646. The van der Waals surface area contributed by atoms with Crippen molar-refractivity contribution in [2.45, 2.75) is 31.9 Å². The molecule has 0 radical (unpaired) electrons. The lowest BCUT2D eigenvalue weighted by atomic mass is 9.95. The van der Waals surface area contributed by atoms with E-state index >= 15 is 0 Å². The van der Waals surface area contributed by atoms with E-state index in [1.54, 1.807) is 7.11 Å². The molecule has 0 aliphatic carbocycles. The molecule has 0 aliphatic heterocycles. The average Bonchev–Trinajstić information content (AvgIpc) is 2.42. The monoisotopic (exact) mass is 316 g/mol. The van der Waals surface area contributed by atoms with Crippen LogP contribution in [0, 0.1) is 11.6 Å². The second-order valence-electron chi connectivity index (χ2n) is 5.41. The number of nitrogens with one attached hydrogen (secondary N) is 2. The number of halogens is 2. The predicted octanol–water partition coefficient (Wildman–Crippen LogP) is 1.90. The van der Waals surface area contributed by atoms with Crippen LogP contribution in [0.1, 0.15) is 25.8 Å². The molecule has 0 aromatic heterocycles. The third-order valence-electron chi connectivity index (χ3n) is 3.24. The summed E-state index contributed by atoms with van der Waals surface area (Å²) in [7, 11) is 1.57. The van der Waals surface area contributed by atoms with Crippen LogP contribution < -0.4 is 10.6 Å². The Hall–Kier alpha value is -1.73. The SMILES string of the molecule is COCC[C@H](C)NC(=O)NC[C@@](C)(O)c1ccc(F)cc1F. The van der Waals surface area contributed by atoms with E-state index in [0.717, 1.165) is 12.1 Å². The van der Waals surface area contributed by atoms with Crippen molar-refractivity contribution in [1.29, 1.82) is 0 Å². The van der Waals surface area contributed by atoms with E-state index in [-0.39, 0.29) is 18.2 Å². The van der Waals surface area contributed by atoms with Gasteiger partial charge in [-0.2, -0.15) is 0 Å². The zero-order valence-electron chi connectivity index (χ0n) is 13.0. The molecule has 2 amide bonds. The van der Waals surface area contributed by atoms with Gasteiger partial charge in [0.15, 0.2) is 0 Å². The van der Waals surface area contributed by atoms with Crippen LogP contribution in [-0.2, 0) is 10.3 Å². The molecule has 0 fully saturated rings. The van der Waals surface area contributed by atoms with Gasteiger partial charge in [-0.15, -0.1) is 0 Å². The number of ether oxygens (including phenoxy) is 1. The van der Waals surface area contributed by atoms with Crippen molar-refractivity contribution in [1.82, 2.24) is 10.6 Å². The summed E-state index contributed by atoms with van der Waals surface area (Å²) in [4.78, 5) is 11.7. The van der Waals surface area contributed by atoms with Gasteiger partial charge in [-0.05, 0) is 26.3 Å². The summed E-state index contributed by atoms with van der Waals surface area (Å²) in [5.41, 5.74) is -1.73. The summed E-state index contributed by atoms with van der Waals surface area (Å²) in [5, 5.41) is 15.4. The molecule has 0 spiro atoms. The van der Waals surface area contributed by atoms with Gasteiger partial charge in [-0.3, -0.25) is 0 Å². The average molecular weight is 316 g/mol. The van der Waals surface area contributed by atoms with Gasteiger partial charge in [-0.1, -0.05) is 6.07 Å². The first kappa shape index (κ1) is 18.3. The van der Waals surface area contributed by atoms with E-state index in [9.17, 15) is 18.7 Å². The van der Waals surface area contributed by atoms with Crippen molar-refractivity contribution in [3.63, 3.8) is 0 Å². The van der Waals surface area contributed by atoms with E-state index in [0.29, 0.717) is 19.1 Å². The maximum Gasteiger partial charge on any atom is 0.315 e. The van der Waals surface area contributed by atoms with Crippen molar-refractivity contribution in [3.05, 3.63) is 35.4 Å². The Bertz CT molecular complexity index is 510. The van der Waals surface area contributed by atoms with Crippen LogP contribution in [0.5, 0.6) is 0 Å². The van der Waals surface area contributed by atoms with E-state index in [2.05, 4.69) is 10.6 Å². The van der Waals surface area contributed by atoms with Crippen LogP contribution in [0.25, 0.3) is 0 Å². The molecular formula is C15H22F2N2O3. The van der Waals surface area contributed by atoms with Crippen molar-refractivity contribution < 1.29 is 23.4 Å². The lowest BCUT2D eigenvalue weighted by Gasteiger charge is -2.25. The van der Waals surface area contributed by atoms with E-state index in [4.69, 9.17) is 4.74 Å². The number of benzene rings is 1. The first-order valence-corrected chi connectivity index (χ1v) is 6.97. The molecule has 2 atom stereocenters. The number of rotatable bonds is 7. The lowest BCUT2D eigenvalue weighted by molar-refractivity contribution is 0.0553. The largest absolute Gasteiger partial charge is 0.385 e. The Morgan fingerprint density at radius 3 is 2.73 bits per heavy atom. The van der Waals surface area contributed by atoms with Crippen molar-refractivity contribution >= 4 is 6.03 Å². The van der Waals surface area contributed by atoms with Crippen molar-refractivity contribution in [2.24, 2.45) is 0 Å². The first-order valence-electron chi connectivity index (χ1n) is 6.97. The Labute approximate surface area is 128 Å². The minimum atomic E-state index is -1.65. The molecule has 0 saturated carbocycles. The molecule has 3 N–H and O–H groups in total. The Morgan fingerprint density at radius 1 is 1.45 bits per heavy atom. The smallest absolute Gasteiger partial charge is 0.315 e. The number of urea groups is 1. The number of methoxy groups -OCH3 is 1. The summed E-state index contributed by atoms with van der Waals surface area (Å²) in [6, 6.07) is 2.32. The van der Waals surface area contributed by atoms with Gasteiger partial charge >= 0.3 is 6.03 Å². The third kappa shape index (κ3) is 5.57. The topological polar surface area (TPSA) is 70.6 Å². The molecular weight excluding hydrogens is 294 g/mol. The number of aliphatic hydroxyl groups is 1. The van der Waals surface area contributed by atoms with Crippen LogP contribution in [0.15, 0.2) is 18.2 Å². The van der Waals surface area contributed by atoms with Gasteiger partial charge < -0.3 is 20.5 Å². The van der Waals surface area contributed by atoms with Crippen molar-refractivity contribution in [2.75, 3.05) is 20.3 Å². The second-order valence-corrected chi connectivity index (χ2v) is 5.41. The van der Waals surface area contributed by atoms with Crippen LogP contribution in [0.4, 0.5) is 13.6 Å². The molecule has 22 heavy (non-hydrogen) atoms. The fraction of sp³-hybridized carbons (Fsp3) is 0.533. The number of carbonyl (C=O) groups excluding carboxylic acids is 1. The zero-order chi connectivity index (χ0) is 16.8. The molecule has 0 saturated heterocycles. The maximum atomic E-state index is 13.7. The molecule has 0 bridgehead atoms. The standard InChI is InChI=1S/C15H22F2N2O3/c1-10(6-7-22-3)19-14(20)18-9-15(2,21)12-5-4-11(16)8-13(12)17/h4-5,8,10,21H,6-7,9H2,1-3H3,(H2,18,19,20)/t10-,15+/m0/s1. The van der Waals surface area contributed by atoms with Gasteiger partial charge in [-0.25, -0.2) is 13.6 Å². The predicted molar refractivity (Wildman–Crippen MR) is 78.4 cm³/mol. The van der Waals surface area contributed by atoms with Gasteiger partial charge in [0.05, 0.1) is 6.54 Å². The Balaban J connectivity index is 2.56. The number of amides is 2. The molecule has 7 heteroatoms. The highest BCUT2D eigenvalue weighted by atomic mass is 19.1. The maximum absolute atomic E-state index is 13.7. The highest BCUT2D eigenvalue weighted by Crippen LogP contribution is 2.23. The highest BCUT2D eigenvalue weighted by molar-refractivity contribution is 5.74. The molecule has 1 rings (SSSR count). The zero-order valence-corrected chi connectivity index (χ0v) is 13.0. The van der Waals surface area contributed by atoms with Gasteiger partial charge in [0.1, 0.15) is 17.2 Å². The summed E-state index contributed by atoms with van der Waals surface area (Å²) >= 11 is 0. The number of hydrogen-bond donors (Lipinski definition) is 3. The lowest BCUT2D eigenvalue weighted by Crippen LogP contribution is -2.46. The van der Waals surface area contributed by atoms with E-state index in [1.165, 1.54) is 6.92 Å². The molecule has 1 aromatic carbocycles. The van der Waals surface area contributed by atoms with E-state index in [1.807, 2.05) is 6.92 Å². The molecule has 124 valence electrons. The van der Waals surface area contributed by atoms with Gasteiger partial charge in [0.2, 0.25) is 0 Å². The summed E-state index contributed by atoms with van der Waals surface area (Å²) in [6.45, 7) is 3.46. The number of carbonyl (C=O) groups is 1. The minimum absolute atomic E-state index is 0.0818. The van der Waals surface area contributed by atoms with Crippen LogP contribution in [0.2, 0.25) is 0 Å². The Kier molecular flexibility index (Phi) is 6.70. The van der Waals surface area contributed by atoms with E-state index < -0.39 is 23.3 Å².